The van der Waals surface area contributed by atoms with Crippen LogP contribution >= 0.6 is 31.9 Å². The van der Waals surface area contributed by atoms with Crippen molar-refractivity contribution in [3.63, 3.8) is 0 Å². The van der Waals surface area contributed by atoms with E-state index in [1.807, 2.05) is 34.6 Å². The molecular formula is C55H99Br2NO12. The zero-order valence-corrected chi connectivity index (χ0v) is 48.5. The van der Waals surface area contributed by atoms with Crippen LogP contribution in [-0.4, -0.2) is 146 Å². The third kappa shape index (κ3) is 16.8. The minimum absolute atomic E-state index is 0.176. The summed E-state index contributed by atoms with van der Waals surface area (Å²) in [5.41, 5.74) is -2.98. The fraction of sp³-hybridized carbons (Fsp3) is 0.945. The summed E-state index contributed by atoms with van der Waals surface area (Å²) in [4.78, 5) is 17.2. The summed E-state index contributed by atoms with van der Waals surface area (Å²) in [6, 6.07) is -0.197. The quantitative estimate of drug-likeness (QED) is 0.0318. The van der Waals surface area contributed by atoms with Crippen molar-refractivity contribution in [2.24, 2.45) is 17.8 Å². The lowest BCUT2D eigenvalue weighted by Crippen LogP contribution is -2.61. The molecule has 410 valence electrons. The van der Waals surface area contributed by atoms with Gasteiger partial charge in [-0.3, -0.25) is 9.69 Å². The number of aliphatic hydroxyl groups is 4. The molecule has 70 heavy (non-hydrogen) atoms. The molecule has 0 amide bonds. The molecule has 0 aromatic heterocycles. The van der Waals surface area contributed by atoms with Gasteiger partial charge in [-0.25, -0.2) is 0 Å². The number of alkyl halides is 2. The molecular weight excluding hydrogens is 1030 g/mol. The molecule has 2 bridgehead atoms. The van der Waals surface area contributed by atoms with E-state index < -0.39 is 95.8 Å². The number of nitrogens with zero attached hydrogens (tertiary/aromatic N) is 1. The maximum absolute atomic E-state index is 14.7. The van der Waals surface area contributed by atoms with Gasteiger partial charge in [-0.2, -0.15) is 0 Å². The molecule has 4 N–H and O–H groups in total. The largest absolute Gasteiger partial charge is 0.488 e. The van der Waals surface area contributed by atoms with Crippen molar-refractivity contribution in [2.75, 3.05) is 30.9 Å². The number of fused-ring (bicyclic) bond motifs is 2. The maximum Gasteiger partial charge on any atom is 0.311 e. The first-order valence-corrected chi connectivity index (χ1v) is 29.8. The van der Waals surface area contributed by atoms with Crippen LogP contribution in [0.1, 0.15) is 198 Å². The van der Waals surface area contributed by atoms with Gasteiger partial charge in [-0.05, 0) is 106 Å². The van der Waals surface area contributed by atoms with E-state index in [4.69, 9.17) is 33.2 Å². The number of cyclic esters (lactones) is 1. The molecule has 0 aromatic carbocycles. The molecule has 15 heteroatoms. The number of halogens is 2. The third-order valence-corrected chi connectivity index (χ3v) is 17.5. The summed E-state index contributed by atoms with van der Waals surface area (Å²) in [5, 5.41) is 49.1. The fourth-order valence-electron chi connectivity index (χ4n) is 12.0. The van der Waals surface area contributed by atoms with E-state index >= 15 is 0 Å². The maximum atomic E-state index is 14.7. The average Bonchev–Trinajstić information content (AvgIpc) is 3.64. The fourth-order valence-corrected chi connectivity index (χ4v) is 12.8. The zero-order valence-electron chi connectivity index (χ0n) is 45.3. The average molecular weight is 1130 g/mol. The molecule has 0 aromatic rings. The van der Waals surface area contributed by atoms with E-state index in [0.29, 0.717) is 18.6 Å². The first-order valence-electron chi connectivity index (χ1n) is 27.6. The monoisotopic (exact) mass is 1120 g/mol. The van der Waals surface area contributed by atoms with Crippen molar-refractivity contribution < 1.29 is 58.4 Å². The van der Waals surface area contributed by atoms with Crippen LogP contribution in [0.15, 0.2) is 11.3 Å². The summed E-state index contributed by atoms with van der Waals surface area (Å²) in [5.74, 6) is -2.26. The van der Waals surface area contributed by atoms with Gasteiger partial charge in [0, 0.05) is 42.6 Å². The SMILES string of the molecule is CC[C@H](O)[C@@](C)(O)[C@@H]1OC(=O)[C@H](C)[C@@H](O[C@H]2CC(C)(OC)[C@@H](O)C(C)O2)[C@H](C)[C@@H](O[C@@H]2OC(C)CC(N(CCCCCCCCCCBr)CCCCCCCCCCBr)C2O)[C@@]2(C)CC(C)=C(O2)[C@@H]1C. The number of esters is 1. The lowest BCUT2D eigenvalue weighted by atomic mass is 9.78. The highest BCUT2D eigenvalue weighted by atomic mass is 79.9. The number of carbonyl (C=O) groups excluding carboxylic acids is 1. The van der Waals surface area contributed by atoms with E-state index in [9.17, 15) is 25.2 Å². The van der Waals surface area contributed by atoms with Gasteiger partial charge in [0.25, 0.3) is 0 Å². The van der Waals surface area contributed by atoms with Crippen LogP contribution in [0.25, 0.3) is 0 Å². The first-order chi connectivity index (χ1) is 33.2. The molecule has 0 saturated carbocycles. The van der Waals surface area contributed by atoms with Gasteiger partial charge < -0.3 is 53.6 Å². The Hall–Kier alpha value is -0.430. The molecule has 13 nitrogen and oxygen atoms in total. The zero-order chi connectivity index (χ0) is 51.8. The molecule has 17 atom stereocenters. The Balaban J connectivity index is 1.68. The highest BCUT2D eigenvalue weighted by molar-refractivity contribution is 9.09. The topological polar surface area (TPSA) is 166 Å². The van der Waals surface area contributed by atoms with Crippen molar-refractivity contribution in [3.8, 4) is 0 Å². The van der Waals surface area contributed by atoms with Crippen LogP contribution in [0.5, 0.6) is 0 Å². The van der Waals surface area contributed by atoms with Crippen molar-refractivity contribution in [3.05, 3.63) is 11.3 Å². The minimum atomic E-state index is -1.83. The lowest BCUT2D eigenvalue weighted by molar-refractivity contribution is -0.317. The van der Waals surface area contributed by atoms with Crippen LogP contribution < -0.4 is 0 Å². The number of hydrogen-bond donors (Lipinski definition) is 4. The molecule has 4 aliphatic rings. The molecule has 5 unspecified atom stereocenters. The van der Waals surface area contributed by atoms with Gasteiger partial charge in [-0.15, -0.1) is 0 Å². The first kappa shape index (κ1) is 62.1. The van der Waals surface area contributed by atoms with E-state index in [1.165, 1.54) is 84.0 Å². The molecule has 0 aliphatic carbocycles. The third-order valence-electron chi connectivity index (χ3n) is 16.4. The van der Waals surface area contributed by atoms with E-state index in [-0.39, 0.29) is 25.0 Å². The highest BCUT2D eigenvalue weighted by Crippen LogP contribution is 2.48. The predicted molar refractivity (Wildman–Crippen MR) is 283 cm³/mol. The van der Waals surface area contributed by atoms with Crippen LogP contribution in [0, 0.1) is 17.8 Å². The molecule has 0 spiro atoms. The minimum Gasteiger partial charge on any atom is -0.488 e. The number of ether oxygens (including phenoxy) is 7. The van der Waals surface area contributed by atoms with Gasteiger partial charge in [0.2, 0.25) is 0 Å². The van der Waals surface area contributed by atoms with Crippen LogP contribution in [0.2, 0.25) is 0 Å². The van der Waals surface area contributed by atoms with E-state index in [0.717, 1.165) is 55.0 Å². The van der Waals surface area contributed by atoms with E-state index in [1.54, 1.807) is 27.9 Å². The summed E-state index contributed by atoms with van der Waals surface area (Å²) >= 11 is 7.11. The predicted octanol–water partition coefficient (Wildman–Crippen LogP) is 10.7. The van der Waals surface area contributed by atoms with Gasteiger partial charge >= 0.3 is 5.97 Å². The molecule has 3 saturated heterocycles. The smallest absolute Gasteiger partial charge is 0.311 e. The van der Waals surface area contributed by atoms with Crippen molar-refractivity contribution >= 4 is 37.8 Å². The Labute approximate surface area is 440 Å². The Bertz CT molecular complexity index is 1540. The van der Waals surface area contributed by atoms with Gasteiger partial charge in [-0.1, -0.05) is 130 Å². The van der Waals surface area contributed by atoms with Crippen molar-refractivity contribution in [1.82, 2.24) is 4.90 Å². The number of unbranched alkanes of at least 4 members (excludes halogenated alkanes) is 14. The summed E-state index contributed by atoms with van der Waals surface area (Å²) in [6.45, 7) is 20.3. The number of methoxy groups -OCH3 is 1. The van der Waals surface area contributed by atoms with Gasteiger partial charge in [0.05, 0.1) is 41.9 Å². The second kappa shape index (κ2) is 29.8. The Kier molecular flexibility index (Phi) is 26.4. The lowest BCUT2D eigenvalue weighted by Gasteiger charge is -2.49. The molecule has 3 fully saturated rings. The second-order valence-corrected chi connectivity index (χ2v) is 24.0. The highest BCUT2D eigenvalue weighted by Gasteiger charge is 2.57. The number of aliphatic hydroxyl groups excluding tert-OH is 3. The number of carbonyl (C=O) groups is 1. The molecule has 4 rings (SSSR count). The number of rotatable bonds is 29. The van der Waals surface area contributed by atoms with Crippen molar-refractivity contribution in [1.29, 1.82) is 0 Å². The van der Waals surface area contributed by atoms with Gasteiger partial charge in [0.15, 0.2) is 12.6 Å². The Morgan fingerprint density at radius 3 is 1.86 bits per heavy atom. The van der Waals surface area contributed by atoms with Gasteiger partial charge in [0.1, 0.15) is 41.4 Å². The van der Waals surface area contributed by atoms with Crippen LogP contribution in [-0.2, 0) is 38.0 Å². The normalized spacial score (nSPS) is 36.7. The van der Waals surface area contributed by atoms with Crippen molar-refractivity contribution in [2.45, 2.75) is 282 Å². The molecule has 4 aliphatic heterocycles. The summed E-state index contributed by atoms with van der Waals surface area (Å²) in [6.07, 6.45) is 12.2. The summed E-state index contributed by atoms with van der Waals surface area (Å²) in [7, 11) is 1.55. The van der Waals surface area contributed by atoms with E-state index in [2.05, 4.69) is 43.7 Å². The van der Waals surface area contributed by atoms with Crippen LogP contribution in [0.3, 0.4) is 0 Å². The van der Waals surface area contributed by atoms with Crippen LogP contribution in [0.4, 0.5) is 0 Å². The Morgan fingerprint density at radius 2 is 1.34 bits per heavy atom. The Morgan fingerprint density at radius 1 is 0.814 bits per heavy atom. The standard InChI is InChI=1S/C55H99Br2NO12/c1-12-43(59)55(10,63)50-38(4)46-36(2)34-54(9,70-46)49(39(5)47(40(6)51(62)68-50)67-44-35-53(8,64-11)48(61)41(7)66-44)69-52-45(60)42(33-37(3)65-52)58(31-27-23-19-15-13-17-21-25-29-56)32-28-24-20-16-14-18-22-26-30-57/h37-45,47-50,52,59-61,63H,12-35H2,1-11H3/t37?,38-,39-,40+,41?,42?,43-,44-,45?,47-,48-,49+,50+,52-,53?,54+,55+/m0/s1. The summed E-state index contributed by atoms with van der Waals surface area (Å²) < 4.78 is 46.4. The number of hydrogen-bond acceptors (Lipinski definition) is 13. The second-order valence-electron chi connectivity index (χ2n) is 22.5. The molecule has 4 heterocycles. The molecule has 0 radical (unpaired) electrons.